The highest BCUT2D eigenvalue weighted by Crippen LogP contribution is 2.31. The molecule has 4 rings (SSSR count). The quantitative estimate of drug-likeness (QED) is 0.528. The summed E-state index contributed by atoms with van der Waals surface area (Å²) < 4.78 is 16.2. The summed E-state index contributed by atoms with van der Waals surface area (Å²) in [6, 6.07) is 9.60. The van der Waals surface area contributed by atoms with E-state index < -0.39 is 0 Å². The molecule has 0 aliphatic carbocycles. The molecule has 122 valence electrons. The summed E-state index contributed by atoms with van der Waals surface area (Å²) in [6.07, 6.45) is 3.35. The third kappa shape index (κ3) is 2.65. The van der Waals surface area contributed by atoms with Crippen LogP contribution in [-0.2, 0) is 4.74 Å². The zero-order chi connectivity index (χ0) is 16.4. The van der Waals surface area contributed by atoms with Gasteiger partial charge >= 0.3 is 0 Å². The summed E-state index contributed by atoms with van der Waals surface area (Å²) in [5.74, 6) is 1.38. The summed E-state index contributed by atoms with van der Waals surface area (Å²) in [6.45, 7) is 1.02. The van der Waals surface area contributed by atoms with Gasteiger partial charge in [0.1, 0.15) is 24.0 Å². The van der Waals surface area contributed by atoms with Crippen LogP contribution in [0, 0.1) is 0 Å². The number of benzene rings is 1. The Labute approximate surface area is 137 Å². The van der Waals surface area contributed by atoms with E-state index in [9.17, 15) is 0 Å². The highest BCUT2D eigenvalue weighted by atomic mass is 16.5. The van der Waals surface area contributed by atoms with Crippen molar-refractivity contribution in [3.8, 4) is 5.75 Å². The summed E-state index contributed by atoms with van der Waals surface area (Å²) in [5.41, 5.74) is 3.27. The van der Waals surface area contributed by atoms with Gasteiger partial charge in [0, 0.05) is 25.1 Å². The maximum Gasteiger partial charge on any atom is 0.178 e. The second-order valence-electron chi connectivity index (χ2n) is 5.25. The van der Waals surface area contributed by atoms with Crippen LogP contribution in [0.25, 0.3) is 22.0 Å². The van der Waals surface area contributed by atoms with Crippen LogP contribution >= 0.6 is 0 Å². The molecule has 3 heterocycles. The molecule has 3 aromatic heterocycles. The van der Waals surface area contributed by atoms with Crippen molar-refractivity contribution in [2.24, 2.45) is 0 Å². The van der Waals surface area contributed by atoms with Crippen LogP contribution in [0.1, 0.15) is 0 Å². The molecule has 0 amide bonds. The SMILES string of the molecule is COCCOc1coc2cc(Nc3n[nH]c4cccnc34)ccc12. The van der Waals surface area contributed by atoms with E-state index >= 15 is 0 Å². The molecule has 1 aromatic carbocycles. The van der Waals surface area contributed by atoms with Gasteiger partial charge in [-0.05, 0) is 24.3 Å². The number of anilines is 2. The number of hydrogen-bond acceptors (Lipinski definition) is 6. The second kappa shape index (κ2) is 6.21. The molecule has 7 heteroatoms. The minimum Gasteiger partial charge on any atom is -0.487 e. The molecule has 0 aliphatic rings. The number of pyridine rings is 1. The molecule has 0 fully saturated rings. The molecular formula is C17H16N4O3. The number of nitrogens with zero attached hydrogens (tertiary/aromatic N) is 2. The molecule has 0 saturated heterocycles. The van der Waals surface area contributed by atoms with E-state index in [0.717, 1.165) is 27.7 Å². The highest BCUT2D eigenvalue weighted by molar-refractivity contribution is 5.90. The molecular weight excluding hydrogens is 308 g/mol. The predicted octanol–water partition coefficient (Wildman–Crippen LogP) is 3.47. The largest absolute Gasteiger partial charge is 0.487 e. The lowest BCUT2D eigenvalue weighted by Gasteiger charge is -2.04. The normalized spacial score (nSPS) is 11.2. The van der Waals surface area contributed by atoms with E-state index in [0.29, 0.717) is 24.8 Å². The third-order valence-corrected chi connectivity index (χ3v) is 3.67. The molecule has 24 heavy (non-hydrogen) atoms. The van der Waals surface area contributed by atoms with Gasteiger partial charge in [0.15, 0.2) is 11.6 Å². The van der Waals surface area contributed by atoms with Crippen LogP contribution in [0.15, 0.2) is 47.2 Å². The van der Waals surface area contributed by atoms with Crippen LogP contribution in [0.2, 0.25) is 0 Å². The summed E-state index contributed by atoms with van der Waals surface area (Å²) in [7, 11) is 1.64. The number of rotatable bonds is 6. The van der Waals surface area contributed by atoms with Gasteiger partial charge in [-0.3, -0.25) is 10.1 Å². The lowest BCUT2D eigenvalue weighted by atomic mass is 10.2. The molecule has 4 aromatic rings. The van der Waals surface area contributed by atoms with Crippen molar-refractivity contribution in [1.82, 2.24) is 15.2 Å². The molecule has 0 atom stereocenters. The predicted molar refractivity (Wildman–Crippen MR) is 90.8 cm³/mol. The van der Waals surface area contributed by atoms with Crippen molar-refractivity contribution in [2.75, 3.05) is 25.6 Å². The van der Waals surface area contributed by atoms with E-state index in [1.54, 1.807) is 19.6 Å². The Balaban J connectivity index is 1.59. The molecule has 0 radical (unpaired) electrons. The van der Waals surface area contributed by atoms with E-state index in [2.05, 4.69) is 20.5 Å². The van der Waals surface area contributed by atoms with Crippen molar-refractivity contribution < 1.29 is 13.9 Å². The summed E-state index contributed by atoms with van der Waals surface area (Å²) >= 11 is 0. The first-order chi connectivity index (χ1) is 11.8. The minimum absolute atomic E-state index is 0.482. The molecule has 7 nitrogen and oxygen atoms in total. The van der Waals surface area contributed by atoms with E-state index in [4.69, 9.17) is 13.9 Å². The molecule has 0 bridgehead atoms. The first kappa shape index (κ1) is 14.5. The fourth-order valence-electron chi connectivity index (χ4n) is 2.51. The fourth-order valence-corrected chi connectivity index (χ4v) is 2.51. The first-order valence-corrected chi connectivity index (χ1v) is 7.54. The van der Waals surface area contributed by atoms with Crippen molar-refractivity contribution in [2.45, 2.75) is 0 Å². The highest BCUT2D eigenvalue weighted by Gasteiger charge is 2.10. The lowest BCUT2D eigenvalue weighted by molar-refractivity contribution is 0.146. The molecule has 0 spiro atoms. The Bertz CT molecular complexity index is 976. The minimum atomic E-state index is 0.482. The molecule has 0 saturated carbocycles. The Morgan fingerprint density at radius 3 is 3.12 bits per heavy atom. The fraction of sp³-hybridized carbons (Fsp3) is 0.176. The second-order valence-corrected chi connectivity index (χ2v) is 5.25. The first-order valence-electron chi connectivity index (χ1n) is 7.54. The van der Waals surface area contributed by atoms with Gasteiger partial charge in [-0.1, -0.05) is 0 Å². The van der Waals surface area contributed by atoms with Gasteiger partial charge in [0.25, 0.3) is 0 Å². The molecule has 2 N–H and O–H groups in total. The molecule has 0 aliphatic heterocycles. The van der Waals surface area contributed by atoms with Gasteiger partial charge in [-0.25, -0.2) is 0 Å². The standard InChI is InChI=1S/C17H16N4O3/c1-22-7-8-23-15-10-24-14-9-11(4-5-12(14)15)19-17-16-13(20-21-17)3-2-6-18-16/h2-6,9-10H,7-8H2,1H3,(H2,19,20,21). The van der Waals surface area contributed by atoms with Gasteiger partial charge < -0.3 is 19.2 Å². The van der Waals surface area contributed by atoms with E-state index in [1.165, 1.54) is 0 Å². The number of aromatic amines is 1. The Morgan fingerprint density at radius 2 is 2.21 bits per heavy atom. The van der Waals surface area contributed by atoms with Crippen molar-refractivity contribution in [3.05, 3.63) is 42.8 Å². The van der Waals surface area contributed by atoms with Crippen molar-refractivity contribution in [3.63, 3.8) is 0 Å². The number of methoxy groups -OCH3 is 1. The van der Waals surface area contributed by atoms with Crippen molar-refractivity contribution in [1.29, 1.82) is 0 Å². The van der Waals surface area contributed by atoms with Crippen LogP contribution in [0.4, 0.5) is 11.5 Å². The summed E-state index contributed by atoms with van der Waals surface area (Å²) in [5, 5.41) is 11.4. The van der Waals surface area contributed by atoms with E-state index in [1.807, 2.05) is 30.3 Å². The van der Waals surface area contributed by atoms with Crippen molar-refractivity contribution >= 4 is 33.5 Å². The average Bonchev–Trinajstić information content (AvgIpc) is 3.20. The van der Waals surface area contributed by atoms with Crippen LogP contribution < -0.4 is 10.1 Å². The number of fused-ring (bicyclic) bond motifs is 2. The van der Waals surface area contributed by atoms with Gasteiger partial charge in [-0.15, -0.1) is 0 Å². The lowest BCUT2D eigenvalue weighted by Crippen LogP contribution is -2.03. The number of H-pyrrole nitrogens is 1. The van der Waals surface area contributed by atoms with Gasteiger partial charge in [0.05, 0.1) is 17.5 Å². The van der Waals surface area contributed by atoms with E-state index in [-0.39, 0.29) is 0 Å². The number of furan rings is 1. The number of nitrogens with one attached hydrogen (secondary N) is 2. The molecule has 0 unspecified atom stereocenters. The monoisotopic (exact) mass is 324 g/mol. The van der Waals surface area contributed by atoms with Crippen LogP contribution in [0.3, 0.4) is 0 Å². The zero-order valence-corrected chi connectivity index (χ0v) is 13.1. The number of hydrogen-bond donors (Lipinski definition) is 2. The number of ether oxygens (including phenoxy) is 2. The Hall–Kier alpha value is -3.06. The maximum absolute atomic E-state index is 5.64. The number of aromatic nitrogens is 3. The third-order valence-electron chi connectivity index (χ3n) is 3.67. The van der Waals surface area contributed by atoms with Gasteiger partial charge in [-0.2, -0.15) is 5.10 Å². The average molecular weight is 324 g/mol. The Morgan fingerprint density at radius 1 is 1.25 bits per heavy atom. The maximum atomic E-state index is 5.64. The topological polar surface area (TPSA) is 85.2 Å². The summed E-state index contributed by atoms with van der Waals surface area (Å²) in [4.78, 5) is 4.33. The van der Waals surface area contributed by atoms with Gasteiger partial charge in [0.2, 0.25) is 0 Å². The van der Waals surface area contributed by atoms with Crippen LogP contribution in [-0.4, -0.2) is 35.5 Å². The zero-order valence-electron chi connectivity index (χ0n) is 13.1. The smallest absolute Gasteiger partial charge is 0.178 e. The van der Waals surface area contributed by atoms with Crippen LogP contribution in [0.5, 0.6) is 5.75 Å². The Kier molecular flexibility index (Phi) is 3.76.